The van der Waals surface area contributed by atoms with Gasteiger partial charge in [0.2, 0.25) is 5.91 Å². The molecule has 0 radical (unpaired) electrons. The molecule has 4 saturated carbocycles. The van der Waals surface area contributed by atoms with Gasteiger partial charge in [0.05, 0.1) is 11.2 Å². The first-order chi connectivity index (χ1) is 12.1. The van der Waals surface area contributed by atoms with E-state index < -0.39 is 17.3 Å². The summed E-state index contributed by atoms with van der Waals surface area (Å²) in [6.45, 7) is 0.226. The van der Waals surface area contributed by atoms with Crippen LogP contribution in [0.4, 0.5) is 13.2 Å². The summed E-state index contributed by atoms with van der Waals surface area (Å²) in [5.74, 6) is 0.989. The van der Waals surface area contributed by atoms with Gasteiger partial charge in [0.25, 0.3) is 0 Å². The van der Waals surface area contributed by atoms with Crippen LogP contribution >= 0.6 is 0 Å². The number of aliphatic hydroxyl groups is 1. The summed E-state index contributed by atoms with van der Waals surface area (Å²) >= 11 is 0. The van der Waals surface area contributed by atoms with Gasteiger partial charge in [-0.25, -0.2) is 0 Å². The maximum Gasteiger partial charge on any atom is 0.416 e. The number of carbonyl (C=O) groups is 1. The lowest BCUT2D eigenvalue weighted by Crippen LogP contribution is -2.56. The van der Waals surface area contributed by atoms with Crippen molar-refractivity contribution in [2.45, 2.75) is 63.3 Å². The number of alkyl halides is 3. The Labute approximate surface area is 151 Å². The van der Waals surface area contributed by atoms with Gasteiger partial charge in [0.15, 0.2) is 0 Å². The normalized spacial score (nSPS) is 35.5. The van der Waals surface area contributed by atoms with E-state index >= 15 is 0 Å². The van der Waals surface area contributed by atoms with Gasteiger partial charge in [-0.2, -0.15) is 13.2 Å². The molecule has 4 aliphatic rings. The number of carbonyl (C=O) groups excluding carboxylic acids is 1. The number of amides is 1. The minimum atomic E-state index is -4.35. The lowest BCUT2D eigenvalue weighted by Gasteiger charge is -2.60. The third-order valence-electron chi connectivity index (χ3n) is 6.46. The standard InChI is InChI=1S/C20H24F3NO2/c21-20(22,23)16-3-1-13(2-4-16)11-24-17(25)10-18-6-14-5-15(7-18)9-19(26,8-14)12-18/h1-4,14-15,26H,5-12H2,(H,24,25). The summed E-state index contributed by atoms with van der Waals surface area (Å²) in [5.41, 5.74) is -0.717. The highest BCUT2D eigenvalue weighted by Crippen LogP contribution is 2.62. The molecule has 2 atom stereocenters. The van der Waals surface area contributed by atoms with Crippen LogP contribution < -0.4 is 5.32 Å². The van der Waals surface area contributed by atoms with Crippen LogP contribution in [0.25, 0.3) is 0 Å². The van der Waals surface area contributed by atoms with Crippen molar-refractivity contribution < 1.29 is 23.1 Å². The van der Waals surface area contributed by atoms with Crippen LogP contribution in [0.15, 0.2) is 24.3 Å². The van der Waals surface area contributed by atoms with E-state index in [0.717, 1.165) is 37.8 Å². The van der Waals surface area contributed by atoms with Crippen molar-refractivity contribution in [2.24, 2.45) is 17.3 Å². The van der Waals surface area contributed by atoms with Gasteiger partial charge in [0.1, 0.15) is 0 Å². The summed E-state index contributed by atoms with van der Waals surface area (Å²) in [6, 6.07) is 4.87. The maximum absolute atomic E-state index is 12.6. The van der Waals surface area contributed by atoms with Crippen molar-refractivity contribution in [3.05, 3.63) is 35.4 Å². The van der Waals surface area contributed by atoms with Crippen LogP contribution in [0, 0.1) is 17.3 Å². The third-order valence-corrected chi connectivity index (χ3v) is 6.46. The Kier molecular flexibility index (Phi) is 4.10. The molecule has 4 fully saturated rings. The zero-order valence-electron chi connectivity index (χ0n) is 14.6. The molecular formula is C20H24F3NO2. The van der Waals surface area contributed by atoms with E-state index in [1.807, 2.05) is 0 Å². The van der Waals surface area contributed by atoms with Gasteiger partial charge in [-0.15, -0.1) is 0 Å². The average Bonchev–Trinajstić information content (AvgIpc) is 2.49. The fourth-order valence-corrected chi connectivity index (χ4v) is 6.02. The number of rotatable bonds is 4. The lowest BCUT2D eigenvalue weighted by atomic mass is 9.47. The highest BCUT2D eigenvalue weighted by atomic mass is 19.4. The summed E-state index contributed by atoms with van der Waals surface area (Å²) in [6.07, 6.45) is 1.72. The molecule has 1 aromatic rings. The van der Waals surface area contributed by atoms with Gasteiger partial charge >= 0.3 is 6.18 Å². The highest BCUT2D eigenvalue weighted by molar-refractivity contribution is 5.76. The highest BCUT2D eigenvalue weighted by Gasteiger charge is 2.57. The molecule has 26 heavy (non-hydrogen) atoms. The molecular weight excluding hydrogens is 343 g/mol. The third kappa shape index (κ3) is 3.48. The van der Waals surface area contributed by atoms with Crippen LogP contribution in [0.1, 0.15) is 56.1 Å². The molecule has 6 heteroatoms. The minimum absolute atomic E-state index is 0.0737. The molecule has 3 nitrogen and oxygen atoms in total. The van der Waals surface area contributed by atoms with Gasteiger partial charge < -0.3 is 10.4 Å². The Balaban J connectivity index is 1.35. The largest absolute Gasteiger partial charge is 0.416 e. The Morgan fingerprint density at radius 3 is 2.27 bits per heavy atom. The summed E-state index contributed by atoms with van der Waals surface area (Å²) in [7, 11) is 0. The molecule has 142 valence electrons. The minimum Gasteiger partial charge on any atom is -0.390 e. The van der Waals surface area contributed by atoms with E-state index in [1.165, 1.54) is 18.6 Å². The molecule has 1 amide bonds. The topological polar surface area (TPSA) is 49.3 Å². The van der Waals surface area contributed by atoms with Crippen LogP contribution in [0.3, 0.4) is 0 Å². The second kappa shape index (κ2) is 5.98. The molecule has 1 aromatic carbocycles. The van der Waals surface area contributed by atoms with Crippen molar-refractivity contribution >= 4 is 5.91 Å². The van der Waals surface area contributed by atoms with Crippen LogP contribution in [0.5, 0.6) is 0 Å². The van der Waals surface area contributed by atoms with Crippen LogP contribution in [-0.2, 0) is 17.5 Å². The predicted molar refractivity (Wildman–Crippen MR) is 90.0 cm³/mol. The molecule has 4 bridgehead atoms. The zero-order valence-corrected chi connectivity index (χ0v) is 14.6. The molecule has 0 aromatic heterocycles. The van der Waals surface area contributed by atoms with E-state index in [9.17, 15) is 23.1 Å². The van der Waals surface area contributed by atoms with Crippen molar-refractivity contribution in [3.63, 3.8) is 0 Å². The van der Waals surface area contributed by atoms with Crippen molar-refractivity contribution in [1.29, 1.82) is 0 Å². The van der Waals surface area contributed by atoms with Gasteiger partial charge in [-0.05, 0) is 73.5 Å². The quantitative estimate of drug-likeness (QED) is 0.844. The second-order valence-electron chi connectivity index (χ2n) is 8.83. The number of benzene rings is 1. The van der Waals surface area contributed by atoms with E-state index in [-0.39, 0.29) is 17.9 Å². The van der Waals surface area contributed by atoms with Crippen molar-refractivity contribution in [1.82, 2.24) is 5.32 Å². The van der Waals surface area contributed by atoms with Crippen LogP contribution in [0.2, 0.25) is 0 Å². The SMILES string of the molecule is O=C(CC12CC3CC(CC(O)(C3)C1)C2)NCc1ccc(C(F)(F)F)cc1. The summed E-state index contributed by atoms with van der Waals surface area (Å²) in [5, 5.41) is 13.6. The first-order valence-electron chi connectivity index (χ1n) is 9.30. The van der Waals surface area contributed by atoms with E-state index in [2.05, 4.69) is 5.32 Å². The van der Waals surface area contributed by atoms with E-state index in [1.54, 1.807) is 0 Å². The Hall–Kier alpha value is -1.56. The molecule has 0 spiro atoms. The molecule has 0 heterocycles. The Morgan fingerprint density at radius 1 is 1.12 bits per heavy atom. The fourth-order valence-electron chi connectivity index (χ4n) is 6.02. The molecule has 0 saturated heterocycles. The second-order valence-corrected chi connectivity index (χ2v) is 8.83. The Bertz CT molecular complexity index is 684. The first-order valence-corrected chi connectivity index (χ1v) is 9.30. The molecule has 4 aliphatic carbocycles. The monoisotopic (exact) mass is 367 g/mol. The number of hydrogen-bond acceptors (Lipinski definition) is 2. The molecule has 2 N–H and O–H groups in total. The van der Waals surface area contributed by atoms with E-state index in [4.69, 9.17) is 0 Å². The van der Waals surface area contributed by atoms with Gasteiger partial charge in [-0.1, -0.05) is 12.1 Å². The zero-order chi connectivity index (χ0) is 18.6. The number of hydrogen-bond donors (Lipinski definition) is 2. The number of nitrogens with one attached hydrogen (secondary N) is 1. The summed E-state index contributed by atoms with van der Waals surface area (Å²) in [4.78, 5) is 12.5. The van der Waals surface area contributed by atoms with Crippen LogP contribution in [-0.4, -0.2) is 16.6 Å². The summed E-state index contributed by atoms with van der Waals surface area (Å²) < 4.78 is 37.8. The van der Waals surface area contributed by atoms with Gasteiger partial charge in [-0.3, -0.25) is 4.79 Å². The smallest absolute Gasteiger partial charge is 0.390 e. The Morgan fingerprint density at radius 2 is 1.73 bits per heavy atom. The predicted octanol–water partition coefficient (Wildman–Crippen LogP) is 4.04. The van der Waals surface area contributed by atoms with Crippen molar-refractivity contribution in [3.8, 4) is 0 Å². The molecule has 2 unspecified atom stereocenters. The fraction of sp³-hybridized carbons (Fsp3) is 0.650. The number of halogens is 3. The van der Waals surface area contributed by atoms with Gasteiger partial charge in [0, 0.05) is 13.0 Å². The van der Waals surface area contributed by atoms with E-state index in [0.29, 0.717) is 30.2 Å². The lowest BCUT2D eigenvalue weighted by molar-refractivity contribution is -0.169. The maximum atomic E-state index is 12.6. The van der Waals surface area contributed by atoms with Crippen molar-refractivity contribution in [2.75, 3.05) is 0 Å². The average molecular weight is 367 g/mol. The first kappa shape index (κ1) is 17.8. The molecule has 0 aliphatic heterocycles. The molecule has 5 rings (SSSR count).